The van der Waals surface area contributed by atoms with Crippen LogP contribution in [-0.2, 0) is 9.47 Å². The Morgan fingerprint density at radius 2 is 1.16 bits per heavy atom. The quantitative estimate of drug-likeness (QED) is 0.491. The van der Waals surface area contributed by atoms with Gasteiger partial charge in [0.1, 0.15) is 0 Å². The van der Waals surface area contributed by atoms with Crippen LogP contribution in [-0.4, -0.2) is 19.0 Å². The second-order valence-corrected chi connectivity index (χ2v) is 5.94. The van der Waals surface area contributed by atoms with Crippen LogP contribution >= 0.6 is 0 Å². The summed E-state index contributed by atoms with van der Waals surface area (Å²) in [5, 5.41) is 0. The number of hydrogen-bond donors (Lipinski definition) is 0. The molecule has 1 rings (SSSR count). The molecule has 0 spiro atoms. The lowest BCUT2D eigenvalue weighted by Crippen LogP contribution is -2.35. The molecule has 2 heteroatoms. The lowest BCUT2D eigenvalue weighted by Gasteiger charge is -2.32. The van der Waals surface area contributed by atoms with E-state index in [0.29, 0.717) is 0 Å². The average Bonchev–Trinajstić information content (AvgIpc) is 2.66. The van der Waals surface area contributed by atoms with Crippen LogP contribution < -0.4 is 0 Å². The van der Waals surface area contributed by atoms with Crippen LogP contribution in [0.5, 0.6) is 0 Å². The van der Waals surface area contributed by atoms with Gasteiger partial charge in [-0.05, 0) is 25.7 Å². The Morgan fingerprint density at radius 3 is 1.58 bits per heavy atom. The minimum absolute atomic E-state index is 0.238. The standard InChI is InChI=1S/C17H34O2/c1-3-5-7-9-13-17(14-10-8-6-4-2)18-15-11-12-16-19-17/h3-16H2,1-2H3. The molecule has 0 atom stereocenters. The molecule has 0 radical (unpaired) electrons. The van der Waals surface area contributed by atoms with Gasteiger partial charge < -0.3 is 9.47 Å². The fraction of sp³-hybridized carbons (Fsp3) is 1.00. The van der Waals surface area contributed by atoms with Gasteiger partial charge in [0.05, 0.1) is 13.2 Å². The molecule has 1 fully saturated rings. The van der Waals surface area contributed by atoms with Crippen LogP contribution in [0.4, 0.5) is 0 Å². The molecule has 0 unspecified atom stereocenters. The maximum Gasteiger partial charge on any atom is 0.168 e. The van der Waals surface area contributed by atoms with E-state index in [1.807, 2.05) is 0 Å². The van der Waals surface area contributed by atoms with Gasteiger partial charge in [-0.3, -0.25) is 0 Å². The summed E-state index contributed by atoms with van der Waals surface area (Å²) in [4.78, 5) is 0. The Kier molecular flexibility index (Phi) is 9.54. The van der Waals surface area contributed by atoms with Gasteiger partial charge in [0.2, 0.25) is 0 Å². The van der Waals surface area contributed by atoms with Crippen molar-refractivity contribution in [2.75, 3.05) is 13.2 Å². The van der Waals surface area contributed by atoms with Gasteiger partial charge in [0, 0.05) is 12.8 Å². The van der Waals surface area contributed by atoms with Crippen molar-refractivity contribution in [3.05, 3.63) is 0 Å². The summed E-state index contributed by atoms with van der Waals surface area (Å²) in [6, 6.07) is 0. The monoisotopic (exact) mass is 270 g/mol. The smallest absolute Gasteiger partial charge is 0.168 e. The van der Waals surface area contributed by atoms with Crippen molar-refractivity contribution in [3.8, 4) is 0 Å². The molecule has 2 nitrogen and oxygen atoms in total. The Bertz CT molecular complexity index is 181. The van der Waals surface area contributed by atoms with Gasteiger partial charge in [0.25, 0.3) is 0 Å². The molecule has 1 heterocycles. The predicted octanol–water partition coefficient (Wildman–Crippen LogP) is 5.45. The zero-order valence-electron chi connectivity index (χ0n) is 13.2. The Labute approximate surface area is 120 Å². The first-order valence-electron chi connectivity index (χ1n) is 8.61. The van der Waals surface area contributed by atoms with E-state index in [0.717, 1.165) is 38.9 Å². The van der Waals surface area contributed by atoms with Gasteiger partial charge in [0.15, 0.2) is 5.79 Å². The first-order chi connectivity index (χ1) is 9.33. The Morgan fingerprint density at radius 1 is 0.684 bits per heavy atom. The van der Waals surface area contributed by atoms with Crippen molar-refractivity contribution < 1.29 is 9.47 Å². The zero-order valence-corrected chi connectivity index (χ0v) is 13.2. The van der Waals surface area contributed by atoms with Gasteiger partial charge >= 0.3 is 0 Å². The first kappa shape index (κ1) is 17.0. The minimum Gasteiger partial charge on any atom is -0.350 e. The highest BCUT2D eigenvalue weighted by atomic mass is 16.7. The minimum atomic E-state index is -0.238. The largest absolute Gasteiger partial charge is 0.350 e. The van der Waals surface area contributed by atoms with Crippen molar-refractivity contribution >= 4 is 0 Å². The number of rotatable bonds is 10. The molecule has 19 heavy (non-hydrogen) atoms. The molecule has 0 saturated carbocycles. The third-order valence-electron chi connectivity index (χ3n) is 4.09. The van der Waals surface area contributed by atoms with Gasteiger partial charge in [-0.25, -0.2) is 0 Å². The number of ether oxygens (including phenoxy) is 2. The lowest BCUT2D eigenvalue weighted by atomic mass is 9.99. The maximum atomic E-state index is 6.13. The summed E-state index contributed by atoms with van der Waals surface area (Å²) in [5.41, 5.74) is 0. The highest BCUT2D eigenvalue weighted by Gasteiger charge is 2.32. The molecular weight excluding hydrogens is 236 g/mol. The summed E-state index contributed by atoms with van der Waals surface area (Å²) in [6.45, 7) is 6.31. The molecule has 1 aliphatic heterocycles. The fourth-order valence-corrected chi connectivity index (χ4v) is 2.82. The number of hydrogen-bond acceptors (Lipinski definition) is 2. The van der Waals surface area contributed by atoms with E-state index >= 15 is 0 Å². The molecule has 1 saturated heterocycles. The molecule has 0 aromatic carbocycles. The highest BCUT2D eigenvalue weighted by Crippen LogP contribution is 2.30. The molecule has 1 aliphatic rings. The fourth-order valence-electron chi connectivity index (χ4n) is 2.82. The van der Waals surface area contributed by atoms with E-state index in [1.165, 1.54) is 51.4 Å². The molecule has 0 bridgehead atoms. The second-order valence-electron chi connectivity index (χ2n) is 5.94. The van der Waals surface area contributed by atoms with Crippen LogP contribution in [0.25, 0.3) is 0 Å². The van der Waals surface area contributed by atoms with Crippen LogP contribution in [0.2, 0.25) is 0 Å². The van der Waals surface area contributed by atoms with Crippen molar-refractivity contribution in [1.82, 2.24) is 0 Å². The van der Waals surface area contributed by atoms with Gasteiger partial charge in [-0.15, -0.1) is 0 Å². The van der Waals surface area contributed by atoms with E-state index in [2.05, 4.69) is 13.8 Å². The summed E-state index contributed by atoms with van der Waals surface area (Å²) in [6.07, 6.45) is 14.9. The summed E-state index contributed by atoms with van der Waals surface area (Å²) < 4.78 is 12.3. The summed E-state index contributed by atoms with van der Waals surface area (Å²) in [5.74, 6) is -0.238. The molecule has 0 amide bonds. The van der Waals surface area contributed by atoms with E-state index in [-0.39, 0.29) is 5.79 Å². The zero-order chi connectivity index (χ0) is 13.8. The average molecular weight is 270 g/mol. The molecule has 0 N–H and O–H groups in total. The van der Waals surface area contributed by atoms with Crippen LogP contribution in [0.15, 0.2) is 0 Å². The van der Waals surface area contributed by atoms with Crippen LogP contribution in [0.1, 0.15) is 90.9 Å². The SMILES string of the molecule is CCCCCCC1(CCCCCC)OCCCCO1. The third kappa shape index (κ3) is 7.31. The van der Waals surface area contributed by atoms with Gasteiger partial charge in [-0.2, -0.15) is 0 Å². The highest BCUT2D eigenvalue weighted by molar-refractivity contribution is 4.73. The molecule has 0 aliphatic carbocycles. The summed E-state index contributed by atoms with van der Waals surface area (Å²) in [7, 11) is 0. The molecule has 0 aromatic rings. The topological polar surface area (TPSA) is 18.5 Å². The van der Waals surface area contributed by atoms with E-state index in [1.54, 1.807) is 0 Å². The Balaban J connectivity index is 2.36. The molecule has 114 valence electrons. The van der Waals surface area contributed by atoms with Crippen molar-refractivity contribution in [2.24, 2.45) is 0 Å². The number of unbranched alkanes of at least 4 members (excludes halogenated alkanes) is 6. The third-order valence-corrected chi connectivity index (χ3v) is 4.09. The van der Waals surface area contributed by atoms with E-state index < -0.39 is 0 Å². The Hall–Kier alpha value is -0.0800. The van der Waals surface area contributed by atoms with Crippen LogP contribution in [0, 0.1) is 0 Å². The first-order valence-corrected chi connectivity index (χ1v) is 8.61. The normalized spacial score (nSPS) is 19.3. The van der Waals surface area contributed by atoms with Crippen molar-refractivity contribution in [2.45, 2.75) is 96.7 Å². The second kappa shape index (κ2) is 10.7. The van der Waals surface area contributed by atoms with Crippen molar-refractivity contribution in [3.63, 3.8) is 0 Å². The molecule has 0 aromatic heterocycles. The van der Waals surface area contributed by atoms with Gasteiger partial charge in [-0.1, -0.05) is 52.4 Å². The lowest BCUT2D eigenvalue weighted by molar-refractivity contribution is -0.234. The maximum absolute atomic E-state index is 6.13. The molecular formula is C17H34O2. The summed E-state index contributed by atoms with van der Waals surface area (Å²) >= 11 is 0. The predicted molar refractivity (Wildman–Crippen MR) is 81.4 cm³/mol. The van der Waals surface area contributed by atoms with E-state index in [4.69, 9.17) is 9.47 Å². The van der Waals surface area contributed by atoms with Crippen LogP contribution in [0.3, 0.4) is 0 Å². The van der Waals surface area contributed by atoms with Crippen molar-refractivity contribution in [1.29, 1.82) is 0 Å². The van der Waals surface area contributed by atoms with E-state index in [9.17, 15) is 0 Å².